The van der Waals surface area contributed by atoms with Crippen LogP contribution < -0.4 is 11.0 Å². The monoisotopic (exact) mass is 376 g/mol. The molecule has 3 aromatic rings. The number of rotatable bonds is 7. The van der Waals surface area contributed by atoms with Gasteiger partial charge in [0.25, 0.3) is 0 Å². The van der Waals surface area contributed by atoms with E-state index in [2.05, 4.69) is 10.4 Å². The summed E-state index contributed by atoms with van der Waals surface area (Å²) in [5.41, 5.74) is 0.0441. The minimum absolute atomic E-state index is 0.0215. The molecule has 2 aromatic heterocycles. The van der Waals surface area contributed by atoms with Gasteiger partial charge in [0.15, 0.2) is 5.76 Å². The van der Waals surface area contributed by atoms with E-state index in [-0.39, 0.29) is 24.9 Å². The lowest BCUT2D eigenvalue weighted by Gasteiger charge is -2.05. The summed E-state index contributed by atoms with van der Waals surface area (Å²) in [7, 11) is 0. The maximum atomic E-state index is 12.8. The molecule has 2 heterocycles. The first-order chi connectivity index (χ1) is 12.6. The number of furan rings is 1. The first kappa shape index (κ1) is 18.0. The van der Waals surface area contributed by atoms with Crippen LogP contribution in [0.5, 0.6) is 0 Å². The maximum absolute atomic E-state index is 12.8. The highest BCUT2D eigenvalue weighted by atomic mass is 35.5. The van der Waals surface area contributed by atoms with Crippen LogP contribution in [-0.2, 0) is 11.3 Å². The largest absolute Gasteiger partial charge is 0.461 e. The summed E-state index contributed by atoms with van der Waals surface area (Å²) >= 11 is 5.89. The van der Waals surface area contributed by atoms with Crippen molar-refractivity contribution in [1.82, 2.24) is 19.7 Å². The Morgan fingerprint density at radius 2 is 2.04 bits per heavy atom. The van der Waals surface area contributed by atoms with E-state index in [1.165, 1.54) is 15.5 Å². The van der Waals surface area contributed by atoms with Crippen molar-refractivity contribution >= 4 is 17.5 Å². The van der Waals surface area contributed by atoms with Crippen LogP contribution in [0.15, 0.2) is 51.9 Å². The van der Waals surface area contributed by atoms with E-state index in [9.17, 15) is 9.59 Å². The van der Waals surface area contributed by atoms with Crippen molar-refractivity contribution in [1.29, 1.82) is 0 Å². The molecule has 0 aliphatic rings. The number of nitrogens with one attached hydrogen (secondary N) is 1. The van der Waals surface area contributed by atoms with E-state index < -0.39 is 5.69 Å². The van der Waals surface area contributed by atoms with E-state index in [1.807, 2.05) is 0 Å². The molecule has 0 aliphatic carbocycles. The predicted molar refractivity (Wildman–Crippen MR) is 95.2 cm³/mol. The second-order valence-electron chi connectivity index (χ2n) is 5.48. The number of aliphatic hydroxyl groups excluding tert-OH is 1. The molecule has 0 saturated heterocycles. The highest BCUT2D eigenvalue weighted by Crippen LogP contribution is 2.18. The van der Waals surface area contributed by atoms with Gasteiger partial charge in [-0.15, -0.1) is 5.10 Å². The van der Waals surface area contributed by atoms with Crippen LogP contribution in [-0.4, -0.2) is 38.5 Å². The fourth-order valence-electron chi connectivity index (χ4n) is 2.38. The van der Waals surface area contributed by atoms with Crippen LogP contribution in [0.2, 0.25) is 5.02 Å². The van der Waals surface area contributed by atoms with Gasteiger partial charge < -0.3 is 14.8 Å². The van der Waals surface area contributed by atoms with Crippen molar-refractivity contribution in [2.75, 3.05) is 13.2 Å². The van der Waals surface area contributed by atoms with Crippen LogP contribution in [0, 0.1) is 0 Å². The van der Waals surface area contributed by atoms with Gasteiger partial charge in [-0.05, 0) is 42.8 Å². The lowest BCUT2D eigenvalue weighted by atomic mass is 10.3. The van der Waals surface area contributed by atoms with E-state index in [1.54, 1.807) is 36.4 Å². The summed E-state index contributed by atoms with van der Waals surface area (Å²) in [4.78, 5) is 24.9. The Kier molecular flexibility index (Phi) is 5.55. The molecule has 0 radical (unpaired) electrons. The number of halogens is 1. The van der Waals surface area contributed by atoms with Gasteiger partial charge >= 0.3 is 5.69 Å². The number of carbonyl (C=O) groups excluding carboxylic acids is 1. The van der Waals surface area contributed by atoms with Gasteiger partial charge in [-0.3, -0.25) is 9.36 Å². The molecular weight excluding hydrogens is 360 g/mol. The normalized spacial score (nSPS) is 10.8. The van der Waals surface area contributed by atoms with Crippen LogP contribution in [0.3, 0.4) is 0 Å². The molecule has 3 rings (SSSR count). The highest BCUT2D eigenvalue weighted by molar-refractivity contribution is 6.30. The van der Waals surface area contributed by atoms with Crippen LogP contribution in [0.25, 0.3) is 17.3 Å². The fraction of sp³-hybridized carbons (Fsp3) is 0.235. The minimum Gasteiger partial charge on any atom is -0.461 e. The second kappa shape index (κ2) is 8.03. The molecule has 9 heteroatoms. The zero-order valence-corrected chi connectivity index (χ0v) is 14.5. The molecular formula is C17H17ClN4O4. The highest BCUT2D eigenvalue weighted by Gasteiger charge is 2.20. The van der Waals surface area contributed by atoms with E-state index >= 15 is 0 Å². The van der Waals surface area contributed by atoms with Gasteiger partial charge in [-0.2, -0.15) is 4.68 Å². The van der Waals surface area contributed by atoms with Gasteiger partial charge in [0.05, 0.1) is 12.0 Å². The van der Waals surface area contributed by atoms with Gasteiger partial charge in [0, 0.05) is 18.2 Å². The van der Waals surface area contributed by atoms with Gasteiger partial charge in [-0.1, -0.05) is 11.6 Å². The zero-order valence-electron chi connectivity index (χ0n) is 13.8. The molecule has 136 valence electrons. The first-order valence-corrected chi connectivity index (χ1v) is 8.35. The molecule has 0 aliphatic heterocycles. The molecule has 1 amide bonds. The number of aromatic nitrogens is 3. The standard InChI is InChI=1S/C17H17ClN4O4/c18-12-4-6-13(7-5-12)22-17(25)21(11-15(24)19-8-2-9-23)16(20-22)14-3-1-10-26-14/h1,3-7,10,23H,2,8-9,11H2,(H,19,24). The molecule has 0 atom stereocenters. The van der Waals surface area contributed by atoms with Crippen molar-refractivity contribution in [3.8, 4) is 17.3 Å². The number of aliphatic hydroxyl groups is 1. The molecule has 26 heavy (non-hydrogen) atoms. The average Bonchev–Trinajstić information content (AvgIpc) is 3.26. The Hall–Kier alpha value is -2.84. The average molecular weight is 377 g/mol. The number of amides is 1. The molecule has 0 saturated carbocycles. The summed E-state index contributed by atoms with van der Waals surface area (Å²) in [5.74, 6) is 0.259. The van der Waals surface area contributed by atoms with Crippen LogP contribution in [0.1, 0.15) is 6.42 Å². The Morgan fingerprint density at radius 3 is 2.69 bits per heavy atom. The topological polar surface area (TPSA) is 102 Å². The smallest absolute Gasteiger partial charge is 0.351 e. The number of benzene rings is 1. The lowest BCUT2D eigenvalue weighted by Crippen LogP contribution is -2.33. The lowest BCUT2D eigenvalue weighted by molar-refractivity contribution is -0.121. The number of carbonyl (C=O) groups is 1. The Labute approximate surface area is 153 Å². The van der Waals surface area contributed by atoms with Crippen molar-refractivity contribution in [2.24, 2.45) is 0 Å². The third-order valence-electron chi connectivity index (χ3n) is 3.63. The van der Waals surface area contributed by atoms with Crippen molar-refractivity contribution in [3.63, 3.8) is 0 Å². The van der Waals surface area contributed by atoms with Crippen molar-refractivity contribution < 1.29 is 14.3 Å². The summed E-state index contributed by atoms with van der Waals surface area (Å²) in [6, 6.07) is 9.95. The molecule has 0 spiro atoms. The van der Waals surface area contributed by atoms with E-state index in [4.69, 9.17) is 21.1 Å². The van der Waals surface area contributed by atoms with E-state index in [0.717, 1.165) is 0 Å². The SMILES string of the molecule is O=C(Cn1c(-c2ccco2)nn(-c2ccc(Cl)cc2)c1=O)NCCCO. The minimum atomic E-state index is -0.476. The van der Waals surface area contributed by atoms with Crippen molar-refractivity contribution in [3.05, 3.63) is 58.2 Å². The maximum Gasteiger partial charge on any atom is 0.351 e. The fourth-order valence-corrected chi connectivity index (χ4v) is 2.51. The van der Waals surface area contributed by atoms with Gasteiger partial charge in [-0.25, -0.2) is 4.79 Å². The molecule has 0 bridgehead atoms. The molecule has 8 nitrogen and oxygen atoms in total. The summed E-state index contributed by atoms with van der Waals surface area (Å²) in [6.07, 6.45) is 1.91. The zero-order chi connectivity index (χ0) is 18.5. The number of nitrogens with zero attached hydrogens (tertiary/aromatic N) is 3. The Balaban J connectivity index is 1.97. The Morgan fingerprint density at radius 1 is 1.27 bits per heavy atom. The third kappa shape index (κ3) is 3.87. The summed E-state index contributed by atoms with van der Waals surface area (Å²) in [5, 5.41) is 16.3. The molecule has 2 N–H and O–H groups in total. The van der Waals surface area contributed by atoms with Crippen molar-refractivity contribution in [2.45, 2.75) is 13.0 Å². The van der Waals surface area contributed by atoms with Crippen LogP contribution >= 0.6 is 11.6 Å². The van der Waals surface area contributed by atoms with Crippen LogP contribution in [0.4, 0.5) is 0 Å². The predicted octanol–water partition coefficient (Wildman–Crippen LogP) is 1.45. The molecule has 0 fully saturated rings. The number of hydrogen-bond acceptors (Lipinski definition) is 5. The summed E-state index contributed by atoms with van der Waals surface area (Å²) < 4.78 is 7.77. The first-order valence-electron chi connectivity index (χ1n) is 7.97. The quantitative estimate of drug-likeness (QED) is 0.607. The molecule has 0 unspecified atom stereocenters. The third-order valence-corrected chi connectivity index (χ3v) is 3.89. The van der Waals surface area contributed by atoms with Gasteiger partial charge in [0.1, 0.15) is 6.54 Å². The second-order valence-corrected chi connectivity index (χ2v) is 5.92. The van der Waals surface area contributed by atoms with E-state index in [0.29, 0.717) is 29.4 Å². The Bertz CT molecular complexity index is 929. The summed E-state index contributed by atoms with van der Waals surface area (Å²) in [6.45, 7) is 0.0890. The number of hydrogen-bond donors (Lipinski definition) is 2. The van der Waals surface area contributed by atoms with Gasteiger partial charge in [0.2, 0.25) is 11.7 Å². The molecule has 1 aromatic carbocycles.